The fraction of sp³-hybridized carbons (Fsp3) is 0.462. The van der Waals surface area contributed by atoms with Gasteiger partial charge < -0.3 is 5.32 Å². The first kappa shape index (κ1) is 16.7. The quantitative estimate of drug-likeness (QED) is 0.880. The summed E-state index contributed by atoms with van der Waals surface area (Å²) in [6, 6.07) is 3.61. The largest absolute Gasteiger partial charge is 0.417 e. The highest BCUT2D eigenvalue weighted by molar-refractivity contribution is 7.89. The van der Waals surface area contributed by atoms with E-state index in [2.05, 4.69) is 10.0 Å². The van der Waals surface area contributed by atoms with Crippen LogP contribution in [0.15, 0.2) is 23.1 Å². The molecule has 2 N–H and O–H groups in total. The van der Waals surface area contributed by atoms with Crippen molar-refractivity contribution in [3.8, 4) is 6.07 Å². The van der Waals surface area contributed by atoms with Gasteiger partial charge in [0.15, 0.2) is 0 Å². The Morgan fingerprint density at radius 2 is 1.91 bits per heavy atom. The standard InChI is InChI=1S/C13H14F3N3O2S/c14-13(15,16)11-7-9(8-17)1-2-12(11)22(20,21)19-10-3-5-18-6-4-10/h1-2,7,10,18-19H,3-6H2. The van der Waals surface area contributed by atoms with Gasteiger partial charge >= 0.3 is 6.18 Å². The Balaban J connectivity index is 2.39. The molecule has 0 atom stereocenters. The molecule has 1 aromatic carbocycles. The van der Waals surface area contributed by atoms with Crippen LogP contribution in [0.3, 0.4) is 0 Å². The maximum Gasteiger partial charge on any atom is 0.417 e. The monoisotopic (exact) mass is 333 g/mol. The zero-order chi connectivity index (χ0) is 16.4. The van der Waals surface area contributed by atoms with E-state index in [1.165, 1.54) is 0 Å². The number of nitriles is 1. The minimum atomic E-state index is -4.86. The first-order valence-electron chi connectivity index (χ1n) is 6.58. The zero-order valence-corrected chi connectivity index (χ0v) is 12.3. The lowest BCUT2D eigenvalue weighted by molar-refractivity contribution is -0.139. The summed E-state index contributed by atoms with van der Waals surface area (Å²) >= 11 is 0. The Hall–Kier alpha value is -1.63. The smallest absolute Gasteiger partial charge is 0.317 e. The number of rotatable bonds is 3. The summed E-state index contributed by atoms with van der Waals surface area (Å²) in [5.74, 6) is 0. The average molecular weight is 333 g/mol. The van der Waals surface area contributed by atoms with Crippen molar-refractivity contribution >= 4 is 10.0 Å². The van der Waals surface area contributed by atoms with Crippen molar-refractivity contribution in [3.63, 3.8) is 0 Å². The van der Waals surface area contributed by atoms with Crippen molar-refractivity contribution in [2.45, 2.75) is 30.0 Å². The van der Waals surface area contributed by atoms with E-state index in [1.807, 2.05) is 0 Å². The molecule has 0 aromatic heterocycles. The molecule has 22 heavy (non-hydrogen) atoms. The van der Waals surface area contributed by atoms with Gasteiger partial charge in [0, 0.05) is 6.04 Å². The molecule has 0 spiro atoms. The SMILES string of the molecule is N#Cc1ccc(S(=O)(=O)NC2CCNCC2)c(C(F)(F)F)c1. The van der Waals surface area contributed by atoms with E-state index in [1.54, 1.807) is 6.07 Å². The number of nitrogens with zero attached hydrogens (tertiary/aromatic N) is 1. The second kappa shape index (κ2) is 6.24. The summed E-state index contributed by atoms with van der Waals surface area (Å²) in [7, 11) is -4.31. The number of halogens is 3. The number of nitrogens with one attached hydrogen (secondary N) is 2. The normalized spacial score (nSPS) is 17.2. The van der Waals surface area contributed by atoms with Crippen molar-refractivity contribution in [1.82, 2.24) is 10.0 Å². The predicted octanol–water partition coefficient (Wildman–Crippen LogP) is 1.61. The number of benzene rings is 1. The number of hydrogen-bond acceptors (Lipinski definition) is 4. The Labute approximate surface area is 126 Å². The van der Waals surface area contributed by atoms with Gasteiger partial charge in [-0.15, -0.1) is 0 Å². The Kier molecular flexibility index (Phi) is 4.75. The second-order valence-corrected chi connectivity index (χ2v) is 6.65. The van der Waals surface area contributed by atoms with E-state index < -0.39 is 32.7 Å². The van der Waals surface area contributed by atoms with E-state index >= 15 is 0 Å². The van der Waals surface area contributed by atoms with Gasteiger partial charge in [-0.1, -0.05) is 0 Å². The lowest BCUT2D eigenvalue weighted by Gasteiger charge is -2.24. The third-order valence-corrected chi connectivity index (χ3v) is 4.94. The summed E-state index contributed by atoms with van der Waals surface area (Å²) in [5.41, 5.74) is -1.57. The van der Waals surface area contributed by atoms with E-state index in [0.717, 1.165) is 12.1 Å². The number of hydrogen-bond donors (Lipinski definition) is 2. The summed E-state index contributed by atoms with van der Waals surface area (Å²) in [6.45, 7) is 1.21. The van der Waals surface area contributed by atoms with Gasteiger partial charge in [-0.25, -0.2) is 13.1 Å². The van der Waals surface area contributed by atoms with Gasteiger partial charge in [-0.05, 0) is 44.1 Å². The van der Waals surface area contributed by atoms with Crippen LogP contribution in [0.4, 0.5) is 13.2 Å². The second-order valence-electron chi connectivity index (χ2n) is 4.97. The van der Waals surface area contributed by atoms with Crippen LogP contribution in [0, 0.1) is 11.3 Å². The first-order chi connectivity index (χ1) is 10.2. The summed E-state index contributed by atoms with van der Waals surface area (Å²) in [6.07, 6.45) is -3.83. The van der Waals surface area contributed by atoms with E-state index in [4.69, 9.17) is 5.26 Å². The Morgan fingerprint density at radius 3 is 2.45 bits per heavy atom. The van der Waals surface area contributed by atoms with Crippen LogP contribution in [-0.4, -0.2) is 27.5 Å². The van der Waals surface area contributed by atoms with Gasteiger partial charge in [0.1, 0.15) is 0 Å². The summed E-state index contributed by atoms with van der Waals surface area (Å²) in [5, 5.41) is 11.7. The Bertz CT molecular complexity index is 689. The van der Waals surface area contributed by atoms with Crippen LogP contribution in [0.5, 0.6) is 0 Å². The van der Waals surface area contributed by atoms with Crippen LogP contribution >= 0.6 is 0 Å². The lowest BCUT2D eigenvalue weighted by atomic mass is 10.1. The molecule has 1 aromatic rings. The molecule has 0 radical (unpaired) electrons. The van der Waals surface area contributed by atoms with Gasteiger partial charge in [-0.3, -0.25) is 0 Å². The van der Waals surface area contributed by atoms with E-state index in [-0.39, 0.29) is 5.56 Å². The zero-order valence-electron chi connectivity index (χ0n) is 11.4. The first-order valence-corrected chi connectivity index (χ1v) is 8.07. The molecule has 0 amide bonds. The molecule has 9 heteroatoms. The van der Waals surface area contributed by atoms with Gasteiger partial charge in [0.25, 0.3) is 0 Å². The highest BCUT2D eigenvalue weighted by Crippen LogP contribution is 2.35. The molecule has 2 rings (SSSR count). The molecule has 1 fully saturated rings. The van der Waals surface area contributed by atoms with Gasteiger partial charge in [0.05, 0.1) is 22.1 Å². The Morgan fingerprint density at radius 1 is 1.27 bits per heavy atom. The molecule has 1 saturated heterocycles. The molecule has 1 heterocycles. The maximum absolute atomic E-state index is 13.1. The highest BCUT2D eigenvalue weighted by atomic mass is 32.2. The van der Waals surface area contributed by atoms with Crippen LogP contribution < -0.4 is 10.0 Å². The number of sulfonamides is 1. The number of alkyl halides is 3. The van der Waals surface area contributed by atoms with Crippen molar-refractivity contribution in [3.05, 3.63) is 29.3 Å². The minimum absolute atomic E-state index is 0.242. The molecule has 0 bridgehead atoms. The van der Waals surface area contributed by atoms with E-state index in [0.29, 0.717) is 32.0 Å². The summed E-state index contributed by atoms with van der Waals surface area (Å²) in [4.78, 5) is -0.850. The average Bonchev–Trinajstić information content (AvgIpc) is 2.46. The highest BCUT2D eigenvalue weighted by Gasteiger charge is 2.38. The van der Waals surface area contributed by atoms with Crippen molar-refractivity contribution in [2.24, 2.45) is 0 Å². The van der Waals surface area contributed by atoms with Crippen LogP contribution in [0.25, 0.3) is 0 Å². The molecule has 5 nitrogen and oxygen atoms in total. The third-order valence-electron chi connectivity index (χ3n) is 3.36. The van der Waals surface area contributed by atoms with Crippen molar-refractivity contribution < 1.29 is 21.6 Å². The predicted molar refractivity (Wildman–Crippen MR) is 72.4 cm³/mol. The van der Waals surface area contributed by atoms with Crippen LogP contribution in [-0.2, 0) is 16.2 Å². The molecule has 1 aliphatic rings. The van der Waals surface area contributed by atoms with Gasteiger partial charge in [-0.2, -0.15) is 18.4 Å². The molecular weight excluding hydrogens is 319 g/mol. The molecular formula is C13H14F3N3O2S. The fourth-order valence-corrected chi connectivity index (χ4v) is 3.79. The van der Waals surface area contributed by atoms with E-state index in [9.17, 15) is 21.6 Å². The van der Waals surface area contributed by atoms with Crippen LogP contribution in [0.1, 0.15) is 24.0 Å². The number of piperidine rings is 1. The third kappa shape index (κ3) is 3.76. The molecule has 120 valence electrons. The van der Waals surface area contributed by atoms with Crippen molar-refractivity contribution in [2.75, 3.05) is 13.1 Å². The molecule has 0 saturated carbocycles. The fourth-order valence-electron chi connectivity index (χ4n) is 2.28. The minimum Gasteiger partial charge on any atom is -0.317 e. The molecule has 0 unspecified atom stereocenters. The molecule has 0 aliphatic carbocycles. The summed E-state index contributed by atoms with van der Waals surface area (Å²) < 4.78 is 66.0. The lowest BCUT2D eigenvalue weighted by Crippen LogP contribution is -2.43. The van der Waals surface area contributed by atoms with Gasteiger partial charge in [0.2, 0.25) is 10.0 Å². The molecule has 1 aliphatic heterocycles. The van der Waals surface area contributed by atoms with Crippen LogP contribution in [0.2, 0.25) is 0 Å². The maximum atomic E-state index is 13.1. The topological polar surface area (TPSA) is 82.0 Å². The van der Waals surface area contributed by atoms with Crippen molar-refractivity contribution in [1.29, 1.82) is 5.26 Å².